The fraction of sp³-hybridized carbons (Fsp3) is 0.929. The third-order valence-corrected chi connectivity index (χ3v) is 6.77. The lowest BCUT2D eigenvalue weighted by molar-refractivity contribution is -0.619. The number of carbonyl (C=O) groups excluding carboxylic acids is 1. The lowest BCUT2D eigenvalue weighted by Gasteiger charge is -2.74. The van der Waals surface area contributed by atoms with Crippen LogP contribution in [-0.2, 0) is 23.6 Å². The molecule has 1 N–H and O–H groups in total. The maximum Gasteiger partial charge on any atom is 0.415 e. The average Bonchev–Trinajstić information content (AvgIpc) is 2.77. The van der Waals surface area contributed by atoms with Crippen molar-refractivity contribution in [2.45, 2.75) is 63.4 Å². The standard InChI is InChI=1S/C14H5F17O6S/c15-4(16,38-37-36-33)3(32)34-1-2-35-8-12(26,27)5(17)9(20,21)6(18,13(8,28)29)11(24,25)7(19,10(5,22)23)14(8,30)31/h33H,1-2H2. The second-order valence-electron chi connectivity index (χ2n) is 7.83. The van der Waals surface area contributed by atoms with Crippen LogP contribution in [0.2, 0.25) is 0 Å². The zero-order chi connectivity index (χ0) is 30.0. The second kappa shape index (κ2) is 7.60. The quantitative estimate of drug-likeness (QED) is 0.103. The molecule has 0 aliphatic heterocycles. The molecule has 4 bridgehead atoms. The van der Waals surface area contributed by atoms with Crippen molar-refractivity contribution in [2.75, 3.05) is 13.2 Å². The van der Waals surface area contributed by atoms with E-state index in [0.29, 0.717) is 0 Å². The zero-order valence-electron chi connectivity index (χ0n) is 16.7. The summed E-state index contributed by atoms with van der Waals surface area (Å²) in [4.78, 5) is 11.1. The molecule has 4 rings (SSSR count). The highest BCUT2D eigenvalue weighted by Gasteiger charge is 3.23. The van der Waals surface area contributed by atoms with E-state index in [9.17, 15) is 79.4 Å². The molecule has 6 nitrogen and oxygen atoms in total. The van der Waals surface area contributed by atoms with Crippen LogP contribution in [0.5, 0.6) is 0 Å². The number of hydrogen-bond acceptors (Lipinski definition) is 7. The van der Waals surface area contributed by atoms with Crippen molar-refractivity contribution in [3.63, 3.8) is 0 Å². The van der Waals surface area contributed by atoms with E-state index in [4.69, 9.17) is 5.26 Å². The van der Waals surface area contributed by atoms with Crippen molar-refractivity contribution in [3.8, 4) is 0 Å². The van der Waals surface area contributed by atoms with Gasteiger partial charge in [-0.15, -0.1) is 4.33 Å². The van der Waals surface area contributed by atoms with Gasteiger partial charge in [0.2, 0.25) is 0 Å². The maximum absolute atomic E-state index is 14.9. The normalized spacial score (nSPS) is 40.7. The number of carbonyl (C=O) groups is 1. The van der Waals surface area contributed by atoms with Gasteiger partial charge in [-0.25, -0.2) is 23.2 Å². The number of halogens is 17. The highest BCUT2D eigenvalue weighted by Crippen LogP contribution is 2.88. The maximum atomic E-state index is 14.9. The number of esters is 1. The Morgan fingerprint density at radius 3 is 1.29 bits per heavy atom. The molecule has 0 atom stereocenters. The van der Waals surface area contributed by atoms with E-state index in [1.54, 1.807) is 0 Å². The summed E-state index contributed by atoms with van der Waals surface area (Å²) in [6.07, 6.45) is 0. The van der Waals surface area contributed by atoms with Crippen LogP contribution in [0.25, 0.3) is 0 Å². The fourth-order valence-corrected chi connectivity index (χ4v) is 4.83. The van der Waals surface area contributed by atoms with Gasteiger partial charge in [-0.3, -0.25) is 0 Å². The molecule has 38 heavy (non-hydrogen) atoms. The zero-order valence-corrected chi connectivity index (χ0v) is 17.6. The van der Waals surface area contributed by atoms with Gasteiger partial charge in [-0.1, -0.05) is 5.04 Å². The van der Waals surface area contributed by atoms with Crippen LogP contribution in [0.4, 0.5) is 74.6 Å². The molecule has 0 aromatic heterocycles. The first-order valence-corrected chi connectivity index (χ1v) is 9.61. The molecule has 4 aliphatic carbocycles. The average molecular weight is 624 g/mol. The predicted octanol–water partition coefficient (Wildman–Crippen LogP) is 4.92. The minimum atomic E-state index is -8.01. The van der Waals surface area contributed by atoms with E-state index in [0.717, 1.165) is 0 Å². The van der Waals surface area contributed by atoms with E-state index in [-0.39, 0.29) is 0 Å². The van der Waals surface area contributed by atoms with Crippen molar-refractivity contribution >= 4 is 18.0 Å². The second-order valence-corrected chi connectivity index (χ2v) is 8.65. The summed E-state index contributed by atoms with van der Waals surface area (Å²) in [7, 11) is 0. The molecule has 0 radical (unpaired) electrons. The summed E-state index contributed by atoms with van der Waals surface area (Å²) >= 11 is -1.39. The van der Waals surface area contributed by atoms with Gasteiger partial charge < -0.3 is 9.47 Å². The topological polar surface area (TPSA) is 74.2 Å². The first-order valence-electron chi connectivity index (χ1n) is 8.87. The molecule has 4 aliphatic rings. The van der Waals surface area contributed by atoms with Crippen LogP contribution in [0, 0.1) is 0 Å². The van der Waals surface area contributed by atoms with Gasteiger partial charge in [0.1, 0.15) is 18.6 Å². The van der Waals surface area contributed by atoms with Crippen molar-refractivity contribution in [3.05, 3.63) is 0 Å². The monoisotopic (exact) mass is 624 g/mol. The SMILES string of the molecule is O=C(OCCOC12C(F)(F)C3(F)C(F)(F)C(F)(C(F)(F)C(F)(C3(F)F)C1(F)F)C2(F)F)C(F)(F)SOOO. The van der Waals surface area contributed by atoms with E-state index in [2.05, 4.69) is 18.8 Å². The largest absolute Gasteiger partial charge is 0.458 e. The molecule has 0 amide bonds. The van der Waals surface area contributed by atoms with Crippen LogP contribution in [0.15, 0.2) is 0 Å². The first kappa shape index (κ1) is 31.0. The van der Waals surface area contributed by atoms with E-state index in [1.807, 2.05) is 0 Å². The van der Waals surface area contributed by atoms with Crippen LogP contribution < -0.4 is 0 Å². The van der Waals surface area contributed by atoms with Crippen LogP contribution in [0.1, 0.15) is 0 Å². The Hall–Kier alpha value is -1.53. The highest BCUT2D eigenvalue weighted by atomic mass is 32.2. The smallest absolute Gasteiger partial charge is 0.415 e. The molecule has 0 aromatic carbocycles. The summed E-state index contributed by atoms with van der Waals surface area (Å²) in [6, 6.07) is 0. The number of ether oxygens (including phenoxy) is 2. The van der Waals surface area contributed by atoms with Crippen LogP contribution in [-0.4, -0.2) is 87.8 Å². The lowest BCUT2D eigenvalue weighted by Crippen LogP contribution is -3.10. The predicted molar refractivity (Wildman–Crippen MR) is 78.2 cm³/mol. The van der Waals surface area contributed by atoms with Crippen LogP contribution in [0.3, 0.4) is 0 Å². The summed E-state index contributed by atoms with van der Waals surface area (Å²) in [5.41, 5.74) is -30.9. The molecule has 4 fully saturated rings. The van der Waals surface area contributed by atoms with Crippen LogP contribution >= 0.6 is 12.0 Å². The Kier molecular flexibility index (Phi) is 6.20. The molecule has 0 aromatic rings. The Bertz CT molecular complexity index is 906. The van der Waals surface area contributed by atoms with Gasteiger partial charge in [0, 0.05) is 0 Å². The van der Waals surface area contributed by atoms with Gasteiger partial charge in [-0.2, -0.15) is 61.5 Å². The lowest BCUT2D eigenvalue weighted by atomic mass is 9.40. The van der Waals surface area contributed by atoms with Crippen molar-refractivity contribution in [1.82, 2.24) is 0 Å². The molecule has 0 spiro atoms. The first-order chi connectivity index (χ1) is 16.7. The summed E-state index contributed by atoms with van der Waals surface area (Å²) in [5, 5.41) is 5.36. The van der Waals surface area contributed by atoms with Crippen molar-refractivity contribution in [2.24, 2.45) is 0 Å². The Balaban J connectivity index is 2.17. The molecule has 24 heteroatoms. The summed E-state index contributed by atoms with van der Waals surface area (Å²) in [6.45, 7) is -4.99. The summed E-state index contributed by atoms with van der Waals surface area (Å²) < 4.78 is 255. The molecule has 0 unspecified atom stereocenters. The molecule has 0 heterocycles. The van der Waals surface area contributed by atoms with Gasteiger partial charge in [0.25, 0.3) is 5.60 Å². The minimum absolute atomic E-state index is 1.39. The van der Waals surface area contributed by atoms with Gasteiger partial charge in [0.05, 0.1) is 6.61 Å². The molecular weight excluding hydrogens is 619 g/mol. The Morgan fingerprint density at radius 1 is 0.632 bits per heavy atom. The summed E-state index contributed by atoms with van der Waals surface area (Å²) in [5.74, 6) is -50.5. The van der Waals surface area contributed by atoms with E-state index in [1.165, 1.54) is 0 Å². The molecule has 0 saturated heterocycles. The van der Waals surface area contributed by atoms with Gasteiger partial charge in [0.15, 0.2) is 0 Å². The fourth-order valence-electron chi connectivity index (χ4n) is 4.58. The van der Waals surface area contributed by atoms with Crippen molar-refractivity contribution < 1.29 is 104 Å². The molecule has 4 saturated carbocycles. The number of alkyl halides is 17. The molecular formula is C14H5F17O6S. The number of hydrogen-bond donors (Lipinski definition) is 1. The van der Waals surface area contributed by atoms with E-state index < -0.39 is 94.6 Å². The minimum Gasteiger partial charge on any atom is -0.458 e. The van der Waals surface area contributed by atoms with Gasteiger partial charge >= 0.3 is 63.8 Å². The highest BCUT2D eigenvalue weighted by molar-refractivity contribution is 7.96. The number of rotatable bonds is 8. The third-order valence-electron chi connectivity index (χ3n) is 6.26. The van der Waals surface area contributed by atoms with Crippen molar-refractivity contribution in [1.29, 1.82) is 0 Å². The van der Waals surface area contributed by atoms with Gasteiger partial charge in [-0.05, 0) is 0 Å². The Morgan fingerprint density at radius 2 is 0.974 bits per heavy atom. The molecule has 222 valence electrons. The van der Waals surface area contributed by atoms with E-state index >= 15 is 0 Å². The third kappa shape index (κ3) is 2.45. The Labute approximate surface area is 199 Å².